The van der Waals surface area contributed by atoms with Gasteiger partial charge in [-0.25, -0.2) is 0 Å². The number of rotatable bonds is 2. The van der Waals surface area contributed by atoms with Crippen LogP contribution in [0.15, 0.2) is 48.5 Å². The Hall–Kier alpha value is -1.56. The summed E-state index contributed by atoms with van der Waals surface area (Å²) < 4.78 is 0. The predicted octanol–water partition coefficient (Wildman–Crippen LogP) is 4.73. The van der Waals surface area contributed by atoms with Crippen LogP contribution in [0.4, 0.5) is 0 Å². The highest BCUT2D eigenvalue weighted by atomic mass is 14.3. The zero-order chi connectivity index (χ0) is 12.2. The van der Waals surface area contributed by atoms with Gasteiger partial charge in [0, 0.05) is 0 Å². The van der Waals surface area contributed by atoms with Gasteiger partial charge < -0.3 is 0 Å². The lowest BCUT2D eigenvalue weighted by molar-refractivity contribution is 0.386. The monoisotopic (exact) mass is 234 g/mol. The second kappa shape index (κ2) is 5.39. The Morgan fingerprint density at radius 2 is 1.61 bits per heavy atom. The molecule has 0 bridgehead atoms. The van der Waals surface area contributed by atoms with E-state index in [0.717, 1.165) is 0 Å². The molecule has 1 aliphatic rings. The van der Waals surface area contributed by atoms with Crippen molar-refractivity contribution in [1.29, 1.82) is 0 Å². The smallest absolute Gasteiger partial charge is 0.00869 e. The van der Waals surface area contributed by atoms with Crippen molar-refractivity contribution in [2.75, 3.05) is 0 Å². The molecule has 3 rings (SSSR count). The maximum Gasteiger partial charge on any atom is -0.00869 e. The predicted molar refractivity (Wildman–Crippen MR) is 74.5 cm³/mol. The standard InChI is InChI=1S/C18H18/c1-3-9-15(10-4-1)17-13-7-8-14-18(17)16-11-5-2-6-12-16/h1,3-6,9,11-12,17-18H,7-8,13-14H2. The highest BCUT2D eigenvalue weighted by molar-refractivity contribution is 5.28. The van der Waals surface area contributed by atoms with Gasteiger partial charge in [0.05, 0.1) is 0 Å². The summed E-state index contributed by atoms with van der Waals surface area (Å²) in [6.07, 6.45) is 5.30. The summed E-state index contributed by atoms with van der Waals surface area (Å²) in [6, 6.07) is 23.5. The summed E-state index contributed by atoms with van der Waals surface area (Å²) in [5.74, 6) is 1.30. The molecule has 1 fully saturated rings. The van der Waals surface area contributed by atoms with Gasteiger partial charge in [-0.3, -0.25) is 0 Å². The van der Waals surface area contributed by atoms with Gasteiger partial charge in [-0.05, 0) is 47.9 Å². The molecule has 2 unspecified atom stereocenters. The Bertz CT molecular complexity index is 424. The molecule has 2 aromatic rings. The Labute approximate surface area is 110 Å². The summed E-state index contributed by atoms with van der Waals surface area (Å²) in [5, 5.41) is 0. The van der Waals surface area contributed by atoms with Crippen molar-refractivity contribution in [2.24, 2.45) is 0 Å². The zero-order valence-corrected chi connectivity index (χ0v) is 10.6. The van der Waals surface area contributed by atoms with Crippen molar-refractivity contribution < 1.29 is 0 Å². The Morgan fingerprint density at radius 1 is 0.833 bits per heavy atom. The third kappa shape index (κ3) is 2.33. The first-order valence-corrected chi connectivity index (χ1v) is 6.88. The average molecular weight is 234 g/mol. The first-order valence-electron chi connectivity index (χ1n) is 6.88. The van der Waals surface area contributed by atoms with Crippen molar-refractivity contribution in [1.82, 2.24) is 0 Å². The minimum atomic E-state index is 0.641. The van der Waals surface area contributed by atoms with E-state index in [1.165, 1.54) is 36.8 Å². The van der Waals surface area contributed by atoms with E-state index >= 15 is 0 Å². The molecular weight excluding hydrogens is 216 g/mol. The molecule has 90 valence electrons. The lowest BCUT2D eigenvalue weighted by Gasteiger charge is -2.32. The van der Waals surface area contributed by atoms with Crippen LogP contribution in [-0.4, -0.2) is 0 Å². The van der Waals surface area contributed by atoms with Gasteiger partial charge >= 0.3 is 0 Å². The van der Waals surface area contributed by atoms with Crippen molar-refractivity contribution in [3.05, 3.63) is 71.8 Å². The van der Waals surface area contributed by atoms with Crippen LogP contribution in [0.25, 0.3) is 0 Å². The van der Waals surface area contributed by atoms with Gasteiger partial charge in [0.25, 0.3) is 0 Å². The van der Waals surface area contributed by atoms with Crippen molar-refractivity contribution in [3.8, 4) is 0 Å². The zero-order valence-electron chi connectivity index (χ0n) is 10.6. The minimum Gasteiger partial charge on any atom is -0.0619 e. The summed E-state index contributed by atoms with van der Waals surface area (Å²) in [4.78, 5) is 0. The number of hydrogen-bond acceptors (Lipinski definition) is 0. The molecule has 1 saturated carbocycles. The molecule has 0 heterocycles. The van der Waals surface area contributed by atoms with E-state index in [4.69, 9.17) is 0 Å². The van der Waals surface area contributed by atoms with Gasteiger partial charge in [0.1, 0.15) is 0 Å². The molecule has 2 atom stereocenters. The molecule has 0 N–H and O–H groups in total. The first-order chi connectivity index (χ1) is 8.95. The fraction of sp³-hybridized carbons (Fsp3) is 0.333. The molecule has 18 heavy (non-hydrogen) atoms. The topological polar surface area (TPSA) is 0 Å². The van der Waals surface area contributed by atoms with E-state index in [1.54, 1.807) is 0 Å². The van der Waals surface area contributed by atoms with Crippen LogP contribution in [0.2, 0.25) is 0 Å². The molecule has 2 aromatic carbocycles. The van der Waals surface area contributed by atoms with Crippen LogP contribution in [-0.2, 0) is 0 Å². The quantitative estimate of drug-likeness (QED) is 0.704. The van der Waals surface area contributed by atoms with Crippen LogP contribution < -0.4 is 0 Å². The van der Waals surface area contributed by atoms with E-state index in [9.17, 15) is 0 Å². The maximum absolute atomic E-state index is 3.43. The Morgan fingerprint density at radius 3 is 2.33 bits per heavy atom. The van der Waals surface area contributed by atoms with Gasteiger partial charge in [0.2, 0.25) is 0 Å². The second-order valence-electron chi connectivity index (χ2n) is 5.15. The van der Waals surface area contributed by atoms with Crippen molar-refractivity contribution >= 4 is 0 Å². The van der Waals surface area contributed by atoms with Crippen LogP contribution in [0.1, 0.15) is 48.6 Å². The summed E-state index contributed by atoms with van der Waals surface area (Å²) in [5.41, 5.74) is 2.85. The summed E-state index contributed by atoms with van der Waals surface area (Å²) in [7, 11) is 0. The molecule has 0 aromatic heterocycles. The molecule has 0 nitrogen and oxygen atoms in total. The van der Waals surface area contributed by atoms with Gasteiger partial charge in [-0.2, -0.15) is 0 Å². The lowest BCUT2D eigenvalue weighted by Crippen LogP contribution is -2.16. The molecule has 1 aliphatic carbocycles. The molecule has 0 heteroatoms. The van der Waals surface area contributed by atoms with Gasteiger partial charge in [-0.15, -0.1) is 0 Å². The van der Waals surface area contributed by atoms with E-state index < -0.39 is 0 Å². The minimum absolute atomic E-state index is 0.641. The molecule has 0 saturated heterocycles. The normalized spacial score (nSPS) is 23.8. The summed E-state index contributed by atoms with van der Waals surface area (Å²) >= 11 is 0. The van der Waals surface area contributed by atoms with Crippen LogP contribution in [0.5, 0.6) is 0 Å². The Balaban J connectivity index is 1.92. The molecule has 0 spiro atoms. The first kappa shape index (κ1) is 11.5. The Kier molecular flexibility index (Phi) is 3.45. The van der Waals surface area contributed by atoms with E-state index in [1.807, 2.05) is 18.2 Å². The second-order valence-corrected chi connectivity index (χ2v) is 5.15. The average Bonchev–Trinajstić information content (AvgIpc) is 2.49. The molecular formula is C18H18. The van der Waals surface area contributed by atoms with E-state index in [2.05, 4.69) is 42.5 Å². The lowest BCUT2D eigenvalue weighted by atomic mass is 9.72. The van der Waals surface area contributed by atoms with Crippen LogP contribution in [0, 0.1) is 12.1 Å². The number of hydrogen-bond donors (Lipinski definition) is 0. The summed E-state index contributed by atoms with van der Waals surface area (Å²) in [6.45, 7) is 0. The van der Waals surface area contributed by atoms with E-state index in [0.29, 0.717) is 11.8 Å². The van der Waals surface area contributed by atoms with Gasteiger partial charge in [-0.1, -0.05) is 61.4 Å². The fourth-order valence-electron chi connectivity index (χ4n) is 3.19. The third-order valence-electron chi connectivity index (χ3n) is 4.07. The largest absolute Gasteiger partial charge is 0.0619 e. The SMILES string of the molecule is [c]1ccc(C2CCCCC2c2[c]cccc2)cc1. The highest BCUT2D eigenvalue weighted by Gasteiger charge is 2.27. The molecule has 2 radical (unpaired) electrons. The van der Waals surface area contributed by atoms with Crippen molar-refractivity contribution in [3.63, 3.8) is 0 Å². The number of benzene rings is 2. The highest BCUT2D eigenvalue weighted by Crippen LogP contribution is 2.43. The van der Waals surface area contributed by atoms with Crippen LogP contribution >= 0.6 is 0 Å². The van der Waals surface area contributed by atoms with Crippen molar-refractivity contribution in [2.45, 2.75) is 37.5 Å². The van der Waals surface area contributed by atoms with Crippen LogP contribution in [0.3, 0.4) is 0 Å². The third-order valence-corrected chi connectivity index (χ3v) is 4.07. The molecule has 0 amide bonds. The van der Waals surface area contributed by atoms with E-state index in [-0.39, 0.29) is 0 Å². The maximum atomic E-state index is 3.43. The molecule has 0 aliphatic heterocycles. The van der Waals surface area contributed by atoms with Gasteiger partial charge in [0.15, 0.2) is 0 Å². The fourth-order valence-corrected chi connectivity index (χ4v) is 3.19.